The van der Waals surface area contributed by atoms with Crippen molar-refractivity contribution in [2.75, 3.05) is 20.2 Å². The summed E-state index contributed by atoms with van der Waals surface area (Å²) in [5, 5.41) is 11.6. The van der Waals surface area contributed by atoms with Gasteiger partial charge >= 0.3 is 0 Å². The van der Waals surface area contributed by atoms with Crippen molar-refractivity contribution in [3.63, 3.8) is 0 Å². The summed E-state index contributed by atoms with van der Waals surface area (Å²) in [6, 6.07) is 5.41. The molecule has 2 amide bonds. The van der Waals surface area contributed by atoms with Crippen molar-refractivity contribution in [3.05, 3.63) is 29.4 Å². The van der Waals surface area contributed by atoms with Gasteiger partial charge in [0.2, 0.25) is 11.8 Å². The SMILES string of the molecule is COc1cc(-c2cn(CC(=O)NC3CCN(C(C)=O)CC3)nn2)ccc1Cl. The van der Waals surface area contributed by atoms with E-state index in [1.807, 2.05) is 6.07 Å². The fraction of sp³-hybridized carbons (Fsp3) is 0.444. The molecule has 144 valence electrons. The molecule has 1 aromatic carbocycles. The second-order valence-electron chi connectivity index (χ2n) is 6.50. The van der Waals surface area contributed by atoms with Gasteiger partial charge in [-0.1, -0.05) is 22.9 Å². The highest BCUT2D eigenvalue weighted by molar-refractivity contribution is 6.32. The zero-order chi connectivity index (χ0) is 19.4. The first-order chi connectivity index (χ1) is 13.0. The van der Waals surface area contributed by atoms with Crippen molar-refractivity contribution in [3.8, 4) is 17.0 Å². The van der Waals surface area contributed by atoms with Crippen LogP contribution < -0.4 is 10.1 Å². The number of aromatic nitrogens is 3. The first kappa shape index (κ1) is 19.2. The summed E-state index contributed by atoms with van der Waals surface area (Å²) in [6.45, 7) is 3.00. The van der Waals surface area contributed by atoms with Crippen LogP contribution in [0.2, 0.25) is 5.02 Å². The Labute approximate surface area is 162 Å². The number of carbonyl (C=O) groups excluding carboxylic acids is 2. The largest absolute Gasteiger partial charge is 0.495 e. The molecule has 1 aliphatic heterocycles. The maximum absolute atomic E-state index is 12.3. The molecule has 0 bridgehead atoms. The average molecular weight is 392 g/mol. The summed E-state index contributed by atoms with van der Waals surface area (Å²) in [4.78, 5) is 25.4. The minimum atomic E-state index is -0.124. The molecule has 0 radical (unpaired) electrons. The Bertz CT molecular complexity index is 830. The van der Waals surface area contributed by atoms with Crippen LogP contribution in [-0.4, -0.2) is 57.9 Å². The van der Waals surface area contributed by atoms with E-state index in [4.69, 9.17) is 16.3 Å². The quantitative estimate of drug-likeness (QED) is 0.838. The second kappa shape index (κ2) is 8.39. The summed E-state index contributed by atoms with van der Waals surface area (Å²) in [5.74, 6) is 0.508. The lowest BCUT2D eigenvalue weighted by Crippen LogP contribution is -2.46. The monoisotopic (exact) mass is 391 g/mol. The third-order valence-electron chi connectivity index (χ3n) is 4.60. The third-order valence-corrected chi connectivity index (χ3v) is 4.91. The molecule has 0 saturated carbocycles. The van der Waals surface area contributed by atoms with Gasteiger partial charge in [-0.15, -0.1) is 5.10 Å². The third kappa shape index (κ3) is 4.77. The van der Waals surface area contributed by atoms with Gasteiger partial charge in [-0.05, 0) is 25.0 Å². The fourth-order valence-corrected chi connectivity index (χ4v) is 3.28. The number of hydrogen-bond acceptors (Lipinski definition) is 5. The van der Waals surface area contributed by atoms with Crippen molar-refractivity contribution >= 4 is 23.4 Å². The maximum atomic E-state index is 12.3. The molecule has 0 spiro atoms. The number of rotatable bonds is 5. The Morgan fingerprint density at radius 3 is 2.74 bits per heavy atom. The number of hydrogen-bond donors (Lipinski definition) is 1. The maximum Gasteiger partial charge on any atom is 0.242 e. The van der Waals surface area contributed by atoms with E-state index < -0.39 is 0 Å². The number of benzene rings is 1. The second-order valence-corrected chi connectivity index (χ2v) is 6.91. The van der Waals surface area contributed by atoms with Crippen molar-refractivity contribution in [1.29, 1.82) is 0 Å². The van der Waals surface area contributed by atoms with Gasteiger partial charge in [0.05, 0.1) is 18.3 Å². The fourth-order valence-electron chi connectivity index (χ4n) is 3.09. The van der Waals surface area contributed by atoms with E-state index in [2.05, 4.69) is 15.6 Å². The van der Waals surface area contributed by atoms with E-state index in [0.717, 1.165) is 18.4 Å². The predicted octanol–water partition coefficient (Wildman–Crippen LogP) is 1.73. The highest BCUT2D eigenvalue weighted by atomic mass is 35.5. The summed E-state index contributed by atoms with van der Waals surface area (Å²) in [6.07, 6.45) is 3.23. The summed E-state index contributed by atoms with van der Waals surface area (Å²) in [7, 11) is 1.55. The molecule has 0 atom stereocenters. The van der Waals surface area contributed by atoms with E-state index in [1.165, 1.54) is 4.68 Å². The highest BCUT2D eigenvalue weighted by Crippen LogP contribution is 2.29. The van der Waals surface area contributed by atoms with Gasteiger partial charge in [-0.2, -0.15) is 0 Å². The number of nitrogens with one attached hydrogen (secondary N) is 1. The zero-order valence-corrected chi connectivity index (χ0v) is 16.1. The van der Waals surface area contributed by atoms with E-state index in [-0.39, 0.29) is 24.4 Å². The lowest BCUT2D eigenvalue weighted by Gasteiger charge is -2.31. The molecule has 1 aliphatic rings. The standard InChI is InChI=1S/C18H22ClN5O3/c1-12(25)23-7-5-14(6-8-23)20-18(26)11-24-10-16(21-22-24)13-3-4-15(19)17(9-13)27-2/h3-4,9-10,14H,5-8,11H2,1-2H3,(H,20,26). The Kier molecular flexibility index (Phi) is 5.95. The molecule has 0 aliphatic carbocycles. The topological polar surface area (TPSA) is 89.4 Å². The van der Waals surface area contributed by atoms with Gasteiger partial charge in [0.1, 0.15) is 18.0 Å². The van der Waals surface area contributed by atoms with E-state index in [0.29, 0.717) is 29.6 Å². The summed E-state index contributed by atoms with van der Waals surface area (Å²) >= 11 is 6.04. The smallest absolute Gasteiger partial charge is 0.242 e. The van der Waals surface area contributed by atoms with Gasteiger partial charge < -0.3 is 15.0 Å². The van der Waals surface area contributed by atoms with Crippen LogP contribution in [0.3, 0.4) is 0 Å². The molecular formula is C18H22ClN5O3. The van der Waals surface area contributed by atoms with Crippen molar-refractivity contribution in [2.24, 2.45) is 0 Å². The summed E-state index contributed by atoms with van der Waals surface area (Å²) < 4.78 is 6.71. The van der Waals surface area contributed by atoms with Gasteiger partial charge in [0.15, 0.2) is 0 Å². The van der Waals surface area contributed by atoms with Crippen LogP contribution in [0.5, 0.6) is 5.75 Å². The van der Waals surface area contributed by atoms with Gasteiger partial charge in [0, 0.05) is 31.6 Å². The molecule has 1 aromatic heterocycles. The van der Waals surface area contributed by atoms with E-state index in [1.54, 1.807) is 37.3 Å². The lowest BCUT2D eigenvalue weighted by molar-refractivity contribution is -0.130. The Hall–Kier alpha value is -2.61. The van der Waals surface area contributed by atoms with Crippen LogP contribution in [0, 0.1) is 0 Å². The number of nitrogens with zero attached hydrogens (tertiary/aromatic N) is 4. The zero-order valence-electron chi connectivity index (χ0n) is 15.3. The van der Waals surface area contributed by atoms with Gasteiger partial charge in [0.25, 0.3) is 0 Å². The number of likely N-dealkylation sites (tertiary alicyclic amines) is 1. The van der Waals surface area contributed by atoms with Crippen LogP contribution in [0.1, 0.15) is 19.8 Å². The molecule has 27 heavy (non-hydrogen) atoms. The molecule has 8 nitrogen and oxygen atoms in total. The Morgan fingerprint density at radius 2 is 2.07 bits per heavy atom. The normalized spacial score (nSPS) is 14.9. The highest BCUT2D eigenvalue weighted by Gasteiger charge is 2.22. The van der Waals surface area contributed by atoms with Crippen molar-refractivity contribution < 1.29 is 14.3 Å². The van der Waals surface area contributed by atoms with Gasteiger partial charge in [-0.25, -0.2) is 4.68 Å². The summed E-state index contributed by atoms with van der Waals surface area (Å²) in [5.41, 5.74) is 1.44. The molecule has 1 saturated heterocycles. The Balaban J connectivity index is 1.56. The van der Waals surface area contributed by atoms with Gasteiger partial charge in [-0.3, -0.25) is 9.59 Å². The molecule has 2 aromatic rings. The first-order valence-corrected chi connectivity index (χ1v) is 9.13. The average Bonchev–Trinajstić information content (AvgIpc) is 3.10. The molecule has 3 rings (SSSR count). The Morgan fingerprint density at radius 1 is 1.33 bits per heavy atom. The number of amides is 2. The molecule has 0 unspecified atom stereocenters. The van der Waals surface area contributed by atoms with Crippen LogP contribution in [0.4, 0.5) is 0 Å². The van der Waals surface area contributed by atoms with Crippen molar-refractivity contribution in [1.82, 2.24) is 25.2 Å². The van der Waals surface area contributed by atoms with Crippen molar-refractivity contribution in [2.45, 2.75) is 32.4 Å². The number of carbonyl (C=O) groups is 2. The van der Waals surface area contributed by atoms with Crippen LogP contribution in [-0.2, 0) is 16.1 Å². The number of piperidine rings is 1. The van der Waals surface area contributed by atoms with Crippen LogP contribution >= 0.6 is 11.6 Å². The minimum absolute atomic E-state index is 0.0775. The molecule has 1 N–H and O–H groups in total. The predicted molar refractivity (Wildman–Crippen MR) is 100 cm³/mol. The number of ether oxygens (including phenoxy) is 1. The molecule has 1 fully saturated rings. The molecular weight excluding hydrogens is 370 g/mol. The minimum Gasteiger partial charge on any atom is -0.495 e. The molecule has 9 heteroatoms. The number of methoxy groups -OCH3 is 1. The lowest BCUT2D eigenvalue weighted by atomic mass is 10.1. The van der Waals surface area contributed by atoms with E-state index >= 15 is 0 Å². The van der Waals surface area contributed by atoms with Crippen LogP contribution in [0.25, 0.3) is 11.3 Å². The van der Waals surface area contributed by atoms with E-state index in [9.17, 15) is 9.59 Å². The van der Waals surface area contributed by atoms with Crippen LogP contribution in [0.15, 0.2) is 24.4 Å². The number of halogens is 1. The molecule has 2 heterocycles. The first-order valence-electron chi connectivity index (χ1n) is 8.75.